The topological polar surface area (TPSA) is 148 Å². The maximum Gasteiger partial charge on any atom is 0.239 e. The smallest absolute Gasteiger partial charge is 0.239 e. The van der Waals surface area contributed by atoms with E-state index >= 15 is 0 Å². The van der Waals surface area contributed by atoms with Crippen LogP contribution in [0.15, 0.2) is 72.9 Å². The minimum absolute atomic E-state index is 0.212. The monoisotopic (exact) mass is 546 g/mol. The van der Waals surface area contributed by atoms with Gasteiger partial charge in [0.25, 0.3) is 0 Å². The molecule has 0 aromatic carbocycles. The fraction of sp³-hybridized carbons (Fsp3) is 0.533. The zero-order valence-electron chi connectivity index (χ0n) is 22.9. The van der Waals surface area contributed by atoms with Crippen molar-refractivity contribution in [3.8, 4) is 0 Å². The van der Waals surface area contributed by atoms with Gasteiger partial charge in [0.2, 0.25) is 11.8 Å². The highest BCUT2D eigenvalue weighted by molar-refractivity contribution is 5.84. The Hall–Kier alpha value is -2.82. The van der Waals surface area contributed by atoms with Crippen LogP contribution in [0, 0.1) is 0 Å². The van der Waals surface area contributed by atoms with E-state index in [4.69, 9.17) is 9.84 Å². The third-order valence-corrected chi connectivity index (χ3v) is 5.81. The van der Waals surface area contributed by atoms with Gasteiger partial charge in [0.15, 0.2) is 6.29 Å². The molecule has 0 spiro atoms. The van der Waals surface area contributed by atoms with Gasteiger partial charge in [-0.15, -0.1) is 0 Å². The molecule has 0 aromatic rings. The molecule has 0 bridgehead atoms. The summed E-state index contributed by atoms with van der Waals surface area (Å²) in [5.41, 5.74) is 0. The predicted molar refractivity (Wildman–Crippen MR) is 152 cm³/mol. The van der Waals surface area contributed by atoms with Crippen molar-refractivity contribution in [1.82, 2.24) is 10.6 Å². The van der Waals surface area contributed by atoms with Crippen LogP contribution >= 0.6 is 0 Å². The number of rotatable bonds is 18. The van der Waals surface area contributed by atoms with Crippen LogP contribution in [-0.2, 0) is 14.3 Å². The molecule has 1 aliphatic rings. The van der Waals surface area contributed by atoms with Crippen molar-refractivity contribution in [2.75, 3.05) is 13.2 Å². The summed E-state index contributed by atoms with van der Waals surface area (Å²) in [6.45, 7) is 1.19. The van der Waals surface area contributed by atoms with Crippen LogP contribution in [0.2, 0.25) is 0 Å². The molecule has 1 rings (SSSR count). The number of amides is 2. The number of ether oxygens (including phenoxy) is 1. The second-order valence-corrected chi connectivity index (χ2v) is 9.05. The Labute approximate surface area is 232 Å². The van der Waals surface area contributed by atoms with Gasteiger partial charge in [-0.25, -0.2) is 0 Å². The third-order valence-electron chi connectivity index (χ3n) is 5.81. The van der Waals surface area contributed by atoms with Gasteiger partial charge in [-0.1, -0.05) is 79.8 Å². The van der Waals surface area contributed by atoms with Crippen molar-refractivity contribution in [2.45, 2.75) is 88.9 Å². The predicted octanol–water partition coefficient (Wildman–Crippen LogP) is 2.50. The van der Waals surface area contributed by atoms with Crippen LogP contribution in [0.5, 0.6) is 0 Å². The average Bonchev–Trinajstić information content (AvgIpc) is 2.93. The highest BCUT2D eigenvalue weighted by Gasteiger charge is 2.44. The van der Waals surface area contributed by atoms with Crippen molar-refractivity contribution in [1.29, 1.82) is 0 Å². The standard InChI is InChI=1S/C30H46N2O7/c1-2-3-4-5-6-7-8-9-10-11-12-13-14-15-16-17-18-19-20-21-25(34)31-22-26(35)32-27-29(37)28(36)24(23-33)39-30(27)38/h3-4,6-7,9-10,12-13,15-16,18-19,24,27-30,33,36-38H,2,5,8,11,14,17,20-23H2,1H3,(H,31,34)(H,32,35)/b4-3-,7-6-,10-9-,13-12-,16-15-,19-18-/t24?,27?,28-,29?,30-/m1/s1. The van der Waals surface area contributed by atoms with Crippen molar-refractivity contribution in [3.63, 3.8) is 0 Å². The fourth-order valence-corrected chi connectivity index (χ4v) is 3.61. The van der Waals surface area contributed by atoms with Crippen LogP contribution in [0.1, 0.15) is 58.3 Å². The van der Waals surface area contributed by atoms with E-state index in [-0.39, 0.29) is 18.9 Å². The number of hydrogen-bond acceptors (Lipinski definition) is 7. The number of nitrogens with one attached hydrogen (secondary N) is 2. The highest BCUT2D eigenvalue weighted by Crippen LogP contribution is 2.19. The van der Waals surface area contributed by atoms with E-state index < -0.39 is 43.2 Å². The zero-order chi connectivity index (χ0) is 28.7. The Morgan fingerprint density at radius 3 is 1.69 bits per heavy atom. The van der Waals surface area contributed by atoms with Gasteiger partial charge >= 0.3 is 0 Å². The second kappa shape index (κ2) is 22.0. The Kier molecular flexibility index (Phi) is 19.3. The number of aliphatic hydroxyl groups is 4. The first-order valence-corrected chi connectivity index (χ1v) is 13.7. The van der Waals surface area contributed by atoms with E-state index in [9.17, 15) is 24.9 Å². The summed E-state index contributed by atoms with van der Waals surface area (Å²) < 4.78 is 4.98. The molecule has 5 atom stereocenters. The third kappa shape index (κ3) is 16.0. The molecule has 1 saturated heterocycles. The Balaban J connectivity index is 2.09. The largest absolute Gasteiger partial charge is 0.394 e. The lowest BCUT2D eigenvalue weighted by atomic mass is 9.97. The van der Waals surface area contributed by atoms with Gasteiger partial charge in [-0.2, -0.15) is 0 Å². The lowest BCUT2D eigenvalue weighted by molar-refractivity contribution is -0.253. The minimum atomic E-state index is -1.60. The normalized spacial score (nSPS) is 24.3. The Bertz CT molecular complexity index is 863. The van der Waals surface area contributed by atoms with Crippen molar-refractivity contribution >= 4 is 11.8 Å². The van der Waals surface area contributed by atoms with E-state index in [1.807, 2.05) is 12.2 Å². The molecule has 1 fully saturated rings. The van der Waals surface area contributed by atoms with Crippen LogP contribution in [-0.4, -0.2) is 76.0 Å². The molecule has 2 amide bonds. The molecule has 0 aromatic heterocycles. The number of aliphatic hydroxyl groups excluding tert-OH is 4. The molecular weight excluding hydrogens is 500 g/mol. The molecule has 6 N–H and O–H groups in total. The van der Waals surface area contributed by atoms with Gasteiger partial charge in [0.1, 0.15) is 24.4 Å². The summed E-state index contributed by atoms with van der Waals surface area (Å²) in [5, 5.41) is 43.6. The number of carbonyl (C=O) groups is 2. The van der Waals surface area contributed by atoms with Crippen LogP contribution in [0.3, 0.4) is 0 Å². The van der Waals surface area contributed by atoms with E-state index in [0.717, 1.165) is 38.5 Å². The van der Waals surface area contributed by atoms with Gasteiger partial charge in [0.05, 0.1) is 13.2 Å². The summed E-state index contributed by atoms with van der Waals surface area (Å²) in [6.07, 6.45) is 26.0. The van der Waals surface area contributed by atoms with E-state index in [0.29, 0.717) is 6.42 Å². The second-order valence-electron chi connectivity index (χ2n) is 9.05. The lowest BCUT2D eigenvalue weighted by Crippen LogP contribution is -2.64. The van der Waals surface area contributed by atoms with Crippen molar-refractivity contribution in [2.24, 2.45) is 0 Å². The van der Waals surface area contributed by atoms with Gasteiger partial charge in [-0.3, -0.25) is 9.59 Å². The zero-order valence-corrected chi connectivity index (χ0v) is 22.9. The molecule has 9 heteroatoms. The first-order chi connectivity index (χ1) is 18.9. The summed E-state index contributed by atoms with van der Waals surface area (Å²) in [5.74, 6) is -0.968. The van der Waals surface area contributed by atoms with E-state index in [1.165, 1.54) is 0 Å². The van der Waals surface area contributed by atoms with E-state index in [1.54, 1.807) is 0 Å². The van der Waals surface area contributed by atoms with Gasteiger partial charge in [0, 0.05) is 6.42 Å². The summed E-state index contributed by atoms with van der Waals surface area (Å²) in [6, 6.07) is -1.29. The molecule has 0 saturated carbocycles. The molecule has 1 aliphatic heterocycles. The average molecular weight is 547 g/mol. The van der Waals surface area contributed by atoms with Crippen molar-refractivity contribution in [3.05, 3.63) is 72.9 Å². The highest BCUT2D eigenvalue weighted by atomic mass is 16.6. The number of allylic oxidation sites excluding steroid dienone is 12. The fourth-order valence-electron chi connectivity index (χ4n) is 3.61. The molecule has 9 nitrogen and oxygen atoms in total. The first-order valence-electron chi connectivity index (χ1n) is 13.7. The minimum Gasteiger partial charge on any atom is -0.394 e. The maximum absolute atomic E-state index is 12.0. The molecule has 0 radical (unpaired) electrons. The molecular formula is C30H46N2O7. The molecule has 1 heterocycles. The molecule has 0 aliphatic carbocycles. The van der Waals surface area contributed by atoms with E-state index in [2.05, 4.69) is 78.3 Å². The number of hydrogen-bond donors (Lipinski definition) is 6. The maximum atomic E-state index is 12.0. The molecule has 3 unspecified atom stereocenters. The Morgan fingerprint density at radius 1 is 0.718 bits per heavy atom. The summed E-state index contributed by atoms with van der Waals surface area (Å²) in [4.78, 5) is 24.0. The van der Waals surface area contributed by atoms with Crippen LogP contribution in [0.25, 0.3) is 0 Å². The van der Waals surface area contributed by atoms with Crippen LogP contribution in [0.4, 0.5) is 0 Å². The SMILES string of the molecule is CC/C=C\C/C=C\C/C=C\C/C=C\C/C=C\C/C=C\CCC(=O)NCC(=O)NC1C(O)[C@H](O)C(CO)O[C@H]1O. The van der Waals surface area contributed by atoms with Crippen LogP contribution < -0.4 is 10.6 Å². The first kappa shape index (κ1) is 34.2. The molecule has 218 valence electrons. The summed E-state index contributed by atoms with van der Waals surface area (Å²) >= 11 is 0. The van der Waals surface area contributed by atoms with Crippen molar-refractivity contribution < 1.29 is 34.8 Å². The van der Waals surface area contributed by atoms with Gasteiger partial charge < -0.3 is 35.8 Å². The quantitative estimate of drug-likeness (QED) is 0.145. The summed E-state index contributed by atoms with van der Waals surface area (Å²) in [7, 11) is 0. The Morgan fingerprint density at radius 2 is 1.21 bits per heavy atom. The number of carbonyl (C=O) groups excluding carboxylic acids is 2. The van der Waals surface area contributed by atoms with Gasteiger partial charge in [-0.05, 0) is 44.9 Å². The lowest BCUT2D eigenvalue weighted by Gasteiger charge is -2.40. The molecule has 39 heavy (non-hydrogen) atoms.